The van der Waals surface area contributed by atoms with Crippen LogP contribution in [0.3, 0.4) is 0 Å². The molecule has 0 radical (unpaired) electrons. The molecule has 84 valence electrons. The number of hydrogen-bond donors (Lipinski definition) is 2. The summed E-state index contributed by atoms with van der Waals surface area (Å²) in [7, 11) is 0. The zero-order chi connectivity index (χ0) is 11.8. The van der Waals surface area contributed by atoms with Gasteiger partial charge in [-0.15, -0.1) is 0 Å². The highest BCUT2D eigenvalue weighted by molar-refractivity contribution is 5.74. The zero-order valence-corrected chi connectivity index (χ0v) is 9.77. The lowest BCUT2D eigenvalue weighted by molar-refractivity contribution is 0.420. The van der Waals surface area contributed by atoms with Gasteiger partial charge in [-0.25, -0.2) is 0 Å². The second-order valence-corrected chi connectivity index (χ2v) is 4.81. The zero-order valence-electron chi connectivity index (χ0n) is 9.77. The monoisotopic (exact) mass is 214 g/mol. The molecule has 0 saturated carbocycles. The summed E-state index contributed by atoms with van der Waals surface area (Å²) < 4.78 is 0. The Labute approximate surface area is 96.6 Å². The van der Waals surface area contributed by atoms with Crippen LogP contribution >= 0.6 is 0 Å². The topological polar surface area (TPSA) is 52.0 Å². The maximum Gasteiger partial charge on any atom is 0.0535 e. The van der Waals surface area contributed by atoms with Crippen LogP contribution in [0.25, 0.3) is 5.57 Å². The molecule has 1 aromatic rings. The maximum atomic E-state index is 6.15. The van der Waals surface area contributed by atoms with Crippen molar-refractivity contribution in [3.8, 4) is 0 Å². The van der Waals surface area contributed by atoms with Gasteiger partial charge in [0, 0.05) is 11.1 Å². The summed E-state index contributed by atoms with van der Waals surface area (Å²) in [6.45, 7) is 4.27. The molecule has 16 heavy (non-hydrogen) atoms. The fraction of sp³-hybridized carbons (Fsp3) is 0.286. The number of nitrogens with two attached hydrogens (primary N) is 2. The highest BCUT2D eigenvalue weighted by Gasteiger charge is 2.34. The maximum absolute atomic E-state index is 6.15. The third-order valence-electron chi connectivity index (χ3n) is 3.36. The van der Waals surface area contributed by atoms with Crippen molar-refractivity contribution >= 4 is 5.57 Å². The molecule has 0 fully saturated rings. The van der Waals surface area contributed by atoms with Gasteiger partial charge in [-0.05, 0) is 17.2 Å². The molecule has 0 saturated heterocycles. The molecule has 1 aromatic carbocycles. The van der Waals surface area contributed by atoms with Crippen molar-refractivity contribution in [2.45, 2.75) is 19.9 Å². The summed E-state index contributed by atoms with van der Waals surface area (Å²) in [5.74, 6) is 0. The van der Waals surface area contributed by atoms with E-state index in [2.05, 4.69) is 32.1 Å². The van der Waals surface area contributed by atoms with Crippen molar-refractivity contribution in [3.05, 3.63) is 53.7 Å². The Kier molecular flexibility index (Phi) is 2.60. The van der Waals surface area contributed by atoms with E-state index < -0.39 is 0 Å². The van der Waals surface area contributed by atoms with Gasteiger partial charge < -0.3 is 11.5 Å². The molecule has 0 bridgehead atoms. The Bertz CT molecular complexity index is 441. The van der Waals surface area contributed by atoms with E-state index in [1.165, 1.54) is 11.1 Å². The van der Waals surface area contributed by atoms with Crippen LogP contribution in [0.4, 0.5) is 0 Å². The first-order valence-corrected chi connectivity index (χ1v) is 5.52. The molecule has 1 unspecified atom stereocenters. The first-order valence-electron chi connectivity index (χ1n) is 5.52. The molecule has 0 aliphatic heterocycles. The molecule has 0 aromatic heterocycles. The summed E-state index contributed by atoms with van der Waals surface area (Å²) >= 11 is 0. The minimum Gasteiger partial charge on any atom is -0.401 e. The van der Waals surface area contributed by atoms with Gasteiger partial charge in [-0.2, -0.15) is 0 Å². The van der Waals surface area contributed by atoms with Gasteiger partial charge in [-0.3, -0.25) is 0 Å². The smallest absolute Gasteiger partial charge is 0.0535 e. The summed E-state index contributed by atoms with van der Waals surface area (Å²) in [5, 5.41) is 0. The molecule has 0 amide bonds. The van der Waals surface area contributed by atoms with Crippen molar-refractivity contribution in [2.75, 3.05) is 0 Å². The van der Waals surface area contributed by atoms with E-state index in [1.807, 2.05) is 24.3 Å². The van der Waals surface area contributed by atoms with Crippen LogP contribution in [-0.4, -0.2) is 6.04 Å². The summed E-state index contributed by atoms with van der Waals surface area (Å²) in [6.07, 6.45) is 3.99. The molecule has 2 heteroatoms. The van der Waals surface area contributed by atoms with Crippen LogP contribution in [0.1, 0.15) is 19.4 Å². The molecule has 0 spiro atoms. The van der Waals surface area contributed by atoms with E-state index in [9.17, 15) is 0 Å². The van der Waals surface area contributed by atoms with Gasteiger partial charge in [0.2, 0.25) is 0 Å². The molecule has 1 aliphatic carbocycles. The summed E-state index contributed by atoms with van der Waals surface area (Å²) in [6, 6.07) is 10.2. The molecule has 4 N–H and O–H groups in total. The van der Waals surface area contributed by atoms with Crippen LogP contribution < -0.4 is 11.5 Å². The van der Waals surface area contributed by atoms with E-state index in [4.69, 9.17) is 11.5 Å². The predicted octanol–water partition coefficient (Wildman–Crippen LogP) is 2.28. The van der Waals surface area contributed by atoms with Crippen LogP contribution in [0, 0.1) is 5.41 Å². The summed E-state index contributed by atoms with van der Waals surface area (Å²) in [5.41, 5.74) is 15.1. The molecule has 1 atom stereocenters. The number of rotatable bonds is 1. The minimum absolute atomic E-state index is 0.118. The Hall–Kier alpha value is -1.54. The molecule has 1 aliphatic rings. The quantitative estimate of drug-likeness (QED) is 0.753. The largest absolute Gasteiger partial charge is 0.401 e. The second kappa shape index (κ2) is 3.80. The third-order valence-corrected chi connectivity index (χ3v) is 3.36. The highest BCUT2D eigenvalue weighted by atomic mass is 14.8. The average molecular weight is 214 g/mol. The van der Waals surface area contributed by atoms with E-state index in [1.54, 1.807) is 0 Å². The van der Waals surface area contributed by atoms with Crippen molar-refractivity contribution in [2.24, 2.45) is 16.9 Å². The number of allylic oxidation sites excluding steroid dienone is 2. The molecular formula is C14H18N2. The van der Waals surface area contributed by atoms with Gasteiger partial charge in [0.05, 0.1) is 6.04 Å². The Morgan fingerprint density at radius 2 is 1.69 bits per heavy atom. The van der Waals surface area contributed by atoms with E-state index >= 15 is 0 Å². The van der Waals surface area contributed by atoms with E-state index in [0.29, 0.717) is 0 Å². The molecule has 0 heterocycles. The van der Waals surface area contributed by atoms with Gasteiger partial charge in [0.15, 0.2) is 0 Å². The van der Waals surface area contributed by atoms with Crippen molar-refractivity contribution in [1.82, 2.24) is 0 Å². The lowest BCUT2D eigenvalue weighted by Crippen LogP contribution is -2.43. The number of hydrogen-bond acceptors (Lipinski definition) is 2. The van der Waals surface area contributed by atoms with Gasteiger partial charge >= 0.3 is 0 Å². The highest BCUT2D eigenvalue weighted by Crippen LogP contribution is 2.40. The van der Waals surface area contributed by atoms with Gasteiger partial charge in [0.1, 0.15) is 0 Å². The van der Waals surface area contributed by atoms with Gasteiger partial charge in [0.25, 0.3) is 0 Å². The first kappa shape index (κ1) is 11.0. The minimum atomic E-state index is -0.125. The lowest BCUT2D eigenvalue weighted by Gasteiger charge is -2.37. The second-order valence-electron chi connectivity index (χ2n) is 4.81. The molecule has 2 rings (SSSR count). The predicted molar refractivity (Wildman–Crippen MR) is 68.4 cm³/mol. The van der Waals surface area contributed by atoms with Gasteiger partial charge in [-0.1, -0.05) is 50.3 Å². The average Bonchev–Trinajstić information content (AvgIpc) is 2.27. The normalized spacial score (nSPS) is 23.6. The lowest BCUT2D eigenvalue weighted by atomic mass is 9.71. The fourth-order valence-corrected chi connectivity index (χ4v) is 2.17. The van der Waals surface area contributed by atoms with Crippen molar-refractivity contribution < 1.29 is 0 Å². The van der Waals surface area contributed by atoms with E-state index in [0.717, 1.165) is 5.70 Å². The van der Waals surface area contributed by atoms with Crippen LogP contribution in [0.2, 0.25) is 0 Å². The van der Waals surface area contributed by atoms with Crippen LogP contribution in [-0.2, 0) is 0 Å². The summed E-state index contributed by atoms with van der Waals surface area (Å²) in [4.78, 5) is 0. The van der Waals surface area contributed by atoms with E-state index in [-0.39, 0.29) is 11.5 Å². The SMILES string of the molecule is CC1(C)C(c2ccccc2)=CC=C(N)C1N. The Morgan fingerprint density at radius 1 is 1.06 bits per heavy atom. The third kappa shape index (κ3) is 1.65. The van der Waals surface area contributed by atoms with Crippen LogP contribution in [0.5, 0.6) is 0 Å². The first-order chi connectivity index (χ1) is 7.53. The number of benzene rings is 1. The molecular weight excluding hydrogens is 196 g/mol. The van der Waals surface area contributed by atoms with Crippen LogP contribution in [0.15, 0.2) is 48.2 Å². The standard InChI is InChI=1S/C14H18N2/c1-14(2)11(8-9-12(15)13(14)16)10-6-4-3-5-7-10/h3-9,13H,15-16H2,1-2H3. The molecule has 2 nitrogen and oxygen atoms in total. The Balaban J connectivity index is 2.49. The Morgan fingerprint density at radius 3 is 2.31 bits per heavy atom. The van der Waals surface area contributed by atoms with Crippen molar-refractivity contribution in [1.29, 1.82) is 0 Å². The van der Waals surface area contributed by atoms with Crippen molar-refractivity contribution in [3.63, 3.8) is 0 Å². The fourth-order valence-electron chi connectivity index (χ4n) is 2.17.